The number of carbonyl (C=O) groups excluding carboxylic acids is 1. The Morgan fingerprint density at radius 1 is 1.37 bits per heavy atom. The van der Waals surface area contributed by atoms with Gasteiger partial charge in [0.1, 0.15) is 0 Å². The zero-order valence-electron chi connectivity index (χ0n) is 12.6. The lowest BCUT2D eigenvalue weighted by Gasteiger charge is -2.49. The van der Waals surface area contributed by atoms with Gasteiger partial charge in [0.15, 0.2) is 0 Å². The summed E-state index contributed by atoms with van der Waals surface area (Å²) in [6, 6.07) is -0.0748. The fourth-order valence-electron chi connectivity index (χ4n) is 3.19. The maximum absolute atomic E-state index is 12.4. The number of nitrogens with one attached hydrogen (secondary N) is 1. The van der Waals surface area contributed by atoms with Crippen molar-refractivity contribution in [3.8, 4) is 0 Å². The minimum atomic E-state index is -0.0748. The van der Waals surface area contributed by atoms with Gasteiger partial charge in [-0.25, -0.2) is 0 Å². The summed E-state index contributed by atoms with van der Waals surface area (Å²) in [5.74, 6) is 0.202. The summed E-state index contributed by atoms with van der Waals surface area (Å²) < 4.78 is 5.30. The van der Waals surface area contributed by atoms with Gasteiger partial charge in [-0.05, 0) is 39.8 Å². The van der Waals surface area contributed by atoms with Gasteiger partial charge in [-0.1, -0.05) is 0 Å². The first kappa shape index (κ1) is 14.8. The van der Waals surface area contributed by atoms with Crippen LogP contribution in [0.2, 0.25) is 0 Å². The Bertz CT molecular complexity index is 329. The van der Waals surface area contributed by atoms with Crippen molar-refractivity contribution in [3.63, 3.8) is 0 Å². The van der Waals surface area contributed by atoms with E-state index in [0.717, 1.165) is 19.5 Å². The fourth-order valence-corrected chi connectivity index (χ4v) is 3.19. The summed E-state index contributed by atoms with van der Waals surface area (Å²) >= 11 is 0. The Morgan fingerprint density at radius 2 is 2.05 bits per heavy atom. The quantitative estimate of drug-likeness (QED) is 0.780. The fraction of sp³-hybridized carbons (Fsp3) is 0.929. The van der Waals surface area contributed by atoms with Crippen LogP contribution in [0.1, 0.15) is 25.7 Å². The van der Waals surface area contributed by atoms with E-state index in [0.29, 0.717) is 0 Å². The van der Waals surface area contributed by atoms with Gasteiger partial charge >= 0.3 is 0 Å². The molecular formula is C14H27N3O2. The Kier molecular flexibility index (Phi) is 4.48. The molecule has 2 aliphatic rings. The lowest BCUT2D eigenvalue weighted by Crippen LogP contribution is -2.58. The molecule has 1 aliphatic heterocycles. The summed E-state index contributed by atoms with van der Waals surface area (Å²) in [7, 11) is 7.87. The van der Waals surface area contributed by atoms with E-state index in [4.69, 9.17) is 4.74 Å². The minimum absolute atomic E-state index is 0.0748. The molecule has 1 amide bonds. The number of rotatable bonds is 5. The molecule has 0 bridgehead atoms. The van der Waals surface area contributed by atoms with Gasteiger partial charge < -0.3 is 19.9 Å². The molecular weight excluding hydrogens is 242 g/mol. The standard InChI is InChI=1S/C14H27N3O2/c1-16(2)14(6-5-7-14)10-17(3)13(18)12-8-11(19-4)9-15-12/h11-12,15H,5-10H2,1-4H3. The molecule has 0 aromatic rings. The largest absolute Gasteiger partial charge is 0.380 e. The van der Waals surface area contributed by atoms with Gasteiger partial charge in [0.2, 0.25) is 5.91 Å². The van der Waals surface area contributed by atoms with Crippen LogP contribution in [0.25, 0.3) is 0 Å². The van der Waals surface area contributed by atoms with Crippen LogP contribution in [0.15, 0.2) is 0 Å². The van der Waals surface area contributed by atoms with Crippen molar-refractivity contribution >= 4 is 5.91 Å². The maximum atomic E-state index is 12.4. The number of hydrogen-bond donors (Lipinski definition) is 1. The molecule has 0 spiro atoms. The lowest BCUT2D eigenvalue weighted by molar-refractivity contribution is -0.134. The molecule has 5 nitrogen and oxygen atoms in total. The predicted molar refractivity (Wildman–Crippen MR) is 75.1 cm³/mol. The Balaban J connectivity index is 1.89. The third-order valence-corrected chi connectivity index (χ3v) is 4.86. The van der Waals surface area contributed by atoms with Crippen LogP contribution < -0.4 is 5.32 Å². The SMILES string of the molecule is COC1CNC(C(=O)N(C)CC2(N(C)C)CCC2)C1. The molecule has 19 heavy (non-hydrogen) atoms. The van der Waals surface area contributed by atoms with Crippen molar-refractivity contribution in [2.75, 3.05) is 41.3 Å². The number of carbonyl (C=O) groups is 1. The molecule has 0 aromatic carbocycles. The highest BCUT2D eigenvalue weighted by atomic mass is 16.5. The molecule has 1 saturated carbocycles. The van der Waals surface area contributed by atoms with Crippen LogP contribution >= 0.6 is 0 Å². The van der Waals surface area contributed by atoms with E-state index < -0.39 is 0 Å². The molecule has 2 unspecified atom stereocenters. The number of hydrogen-bond acceptors (Lipinski definition) is 4. The minimum Gasteiger partial charge on any atom is -0.380 e. The van der Waals surface area contributed by atoms with Gasteiger partial charge in [0, 0.05) is 32.8 Å². The second kappa shape index (κ2) is 5.77. The van der Waals surface area contributed by atoms with Crippen LogP contribution in [0.4, 0.5) is 0 Å². The van der Waals surface area contributed by atoms with Gasteiger partial charge in [-0.2, -0.15) is 0 Å². The van der Waals surface area contributed by atoms with Crippen LogP contribution in [0.5, 0.6) is 0 Å². The van der Waals surface area contributed by atoms with Gasteiger partial charge in [-0.15, -0.1) is 0 Å². The number of amides is 1. The number of nitrogens with zero attached hydrogens (tertiary/aromatic N) is 2. The molecule has 5 heteroatoms. The maximum Gasteiger partial charge on any atom is 0.239 e. The second-order valence-corrected chi connectivity index (χ2v) is 6.22. The smallest absolute Gasteiger partial charge is 0.239 e. The molecule has 1 heterocycles. The summed E-state index contributed by atoms with van der Waals surface area (Å²) in [5.41, 5.74) is 0.198. The monoisotopic (exact) mass is 269 g/mol. The Labute approximate surface area is 116 Å². The Hall–Kier alpha value is -0.650. The average Bonchev–Trinajstić information content (AvgIpc) is 2.80. The van der Waals surface area contributed by atoms with Crippen molar-refractivity contribution in [3.05, 3.63) is 0 Å². The van der Waals surface area contributed by atoms with Crippen LogP contribution in [0, 0.1) is 0 Å². The number of methoxy groups -OCH3 is 1. The van der Waals surface area contributed by atoms with E-state index in [1.54, 1.807) is 7.11 Å². The van der Waals surface area contributed by atoms with Crippen molar-refractivity contribution in [2.24, 2.45) is 0 Å². The van der Waals surface area contributed by atoms with E-state index in [1.807, 2.05) is 11.9 Å². The molecule has 1 N–H and O–H groups in total. The van der Waals surface area contributed by atoms with Crippen molar-refractivity contribution in [2.45, 2.75) is 43.4 Å². The van der Waals surface area contributed by atoms with Gasteiger partial charge in [-0.3, -0.25) is 4.79 Å². The Morgan fingerprint density at radius 3 is 2.47 bits per heavy atom. The summed E-state index contributed by atoms with van der Waals surface area (Å²) in [6.07, 6.45) is 4.61. The van der Waals surface area contributed by atoms with Crippen molar-refractivity contribution < 1.29 is 9.53 Å². The number of likely N-dealkylation sites (N-methyl/N-ethyl adjacent to an activating group) is 2. The first-order valence-corrected chi connectivity index (χ1v) is 7.17. The lowest BCUT2D eigenvalue weighted by atomic mass is 9.75. The van der Waals surface area contributed by atoms with E-state index in [2.05, 4.69) is 24.3 Å². The molecule has 2 rings (SSSR count). The topological polar surface area (TPSA) is 44.8 Å². The summed E-state index contributed by atoms with van der Waals surface area (Å²) in [6.45, 7) is 1.61. The highest BCUT2D eigenvalue weighted by Gasteiger charge is 2.42. The summed E-state index contributed by atoms with van der Waals surface area (Å²) in [5, 5.41) is 3.26. The molecule has 1 aliphatic carbocycles. The third-order valence-electron chi connectivity index (χ3n) is 4.86. The van der Waals surface area contributed by atoms with E-state index in [9.17, 15) is 4.79 Å². The van der Waals surface area contributed by atoms with E-state index in [-0.39, 0.29) is 23.6 Å². The van der Waals surface area contributed by atoms with Crippen molar-refractivity contribution in [1.29, 1.82) is 0 Å². The summed E-state index contributed by atoms with van der Waals surface area (Å²) in [4.78, 5) is 16.6. The van der Waals surface area contributed by atoms with Gasteiger partial charge in [0.25, 0.3) is 0 Å². The predicted octanol–water partition coefficient (Wildman–Crippen LogP) is 0.306. The molecule has 2 fully saturated rings. The zero-order chi connectivity index (χ0) is 14.0. The third kappa shape index (κ3) is 2.93. The van der Waals surface area contributed by atoms with E-state index >= 15 is 0 Å². The van der Waals surface area contributed by atoms with Crippen molar-refractivity contribution in [1.82, 2.24) is 15.1 Å². The zero-order valence-corrected chi connectivity index (χ0v) is 12.6. The van der Waals surface area contributed by atoms with Crippen LogP contribution in [0.3, 0.4) is 0 Å². The molecule has 1 saturated heterocycles. The molecule has 2 atom stereocenters. The first-order chi connectivity index (χ1) is 8.98. The highest BCUT2D eigenvalue weighted by Crippen LogP contribution is 2.36. The highest BCUT2D eigenvalue weighted by molar-refractivity contribution is 5.82. The van der Waals surface area contributed by atoms with Crippen LogP contribution in [-0.4, -0.2) is 74.7 Å². The van der Waals surface area contributed by atoms with Gasteiger partial charge in [0.05, 0.1) is 12.1 Å². The van der Waals surface area contributed by atoms with E-state index in [1.165, 1.54) is 19.3 Å². The molecule has 0 radical (unpaired) electrons. The average molecular weight is 269 g/mol. The second-order valence-electron chi connectivity index (χ2n) is 6.22. The molecule has 0 aromatic heterocycles. The van der Waals surface area contributed by atoms with Crippen LogP contribution in [-0.2, 0) is 9.53 Å². The molecule has 110 valence electrons. The normalized spacial score (nSPS) is 29.3. The number of ether oxygens (including phenoxy) is 1. The first-order valence-electron chi connectivity index (χ1n) is 7.17.